The van der Waals surface area contributed by atoms with Gasteiger partial charge in [0.2, 0.25) is 0 Å². The van der Waals surface area contributed by atoms with Crippen LogP contribution in [0, 0.1) is 11.3 Å². The SMILES string of the molecule is CC(C)(C)c1ccc(Nc2ccc(C#N)c3cc(-c4cccnc4)nn23)cc1. The van der Waals surface area contributed by atoms with Crippen molar-refractivity contribution in [2.45, 2.75) is 26.2 Å². The predicted molar refractivity (Wildman–Crippen MR) is 112 cm³/mol. The molecule has 5 heteroatoms. The molecule has 0 aliphatic carbocycles. The van der Waals surface area contributed by atoms with Gasteiger partial charge in [-0.2, -0.15) is 10.4 Å². The zero-order valence-electron chi connectivity index (χ0n) is 16.1. The number of anilines is 2. The molecular weight excluding hydrogens is 346 g/mol. The largest absolute Gasteiger partial charge is 0.340 e. The van der Waals surface area contributed by atoms with Crippen molar-refractivity contribution in [2.75, 3.05) is 5.32 Å². The normalized spacial score (nSPS) is 11.4. The number of nitrogens with zero attached hydrogens (tertiary/aromatic N) is 4. The van der Waals surface area contributed by atoms with Crippen molar-refractivity contribution in [3.8, 4) is 17.3 Å². The van der Waals surface area contributed by atoms with Gasteiger partial charge < -0.3 is 5.32 Å². The van der Waals surface area contributed by atoms with Gasteiger partial charge in [0, 0.05) is 23.6 Å². The highest BCUT2D eigenvalue weighted by atomic mass is 15.3. The summed E-state index contributed by atoms with van der Waals surface area (Å²) in [7, 11) is 0. The first-order valence-electron chi connectivity index (χ1n) is 9.16. The number of nitriles is 1. The zero-order chi connectivity index (χ0) is 19.7. The van der Waals surface area contributed by atoms with Crippen molar-refractivity contribution in [2.24, 2.45) is 0 Å². The Kier molecular flexibility index (Phi) is 4.32. The molecule has 0 aliphatic heterocycles. The van der Waals surface area contributed by atoms with Crippen LogP contribution in [-0.2, 0) is 5.41 Å². The van der Waals surface area contributed by atoms with Crippen molar-refractivity contribution in [1.82, 2.24) is 14.6 Å². The van der Waals surface area contributed by atoms with Crippen molar-refractivity contribution < 1.29 is 0 Å². The summed E-state index contributed by atoms with van der Waals surface area (Å²) in [6.45, 7) is 6.59. The summed E-state index contributed by atoms with van der Waals surface area (Å²) < 4.78 is 1.78. The van der Waals surface area contributed by atoms with Crippen LogP contribution < -0.4 is 5.32 Å². The van der Waals surface area contributed by atoms with Gasteiger partial charge in [0.1, 0.15) is 11.9 Å². The second-order valence-electron chi connectivity index (χ2n) is 7.76. The number of aromatic nitrogens is 3. The fraction of sp³-hybridized carbons (Fsp3) is 0.174. The number of hydrogen-bond donors (Lipinski definition) is 1. The average molecular weight is 367 g/mol. The molecule has 0 amide bonds. The number of rotatable bonds is 3. The van der Waals surface area contributed by atoms with Crippen LogP contribution in [0.1, 0.15) is 31.9 Å². The minimum absolute atomic E-state index is 0.112. The van der Waals surface area contributed by atoms with E-state index in [-0.39, 0.29) is 5.41 Å². The first-order valence-corrected chi connectivity index (χ1v) is 9.16. The summed E-state index contributed by atoms with van der Waals surface area (Å²) in [5.74, 6) is 0.799. The summed E-state index contributed by atoms with van der Waals surface area (Å²) in [4.78, 5) is 4.16. The molecule has 0 unspecified atom stereocenters. The lowest BCUT2D eigenvalue weighted by Crippen LogP contribution is -2.10. The summed E-state index contributed by atoms with van der Waals surface area (Å²) in [6, 6.07) is 20.1. The number of benzene rings is 1. The van der Waals surface area contributed by atoms with Gasteiger partial charge in [-0.25, -0.2) is 4.52 Å². The van der Waals surface area contributed by atoms with Gasteiger partial charge >= 0.3 is 0 Å². The van der Waals surface area contributed by atoms with Crippen LogP contribution in [0.15, 0.2) is 67.0 Å². The molecule has 3 heterocycles. The van der Waals surface area contributed by atoms with E-state index in [2.05, 4.69) is 61.4 Å². The van der Waals surface area contributed by atoms with Crippen LogP contribution in [0.2, 0.25) is 0 Å². The maximum absolute atomic E-state index is 9.48. The third kappa shape index (κ3) is 3.33. The Hall–Kier alpha value is -3.65. The monoisotopic (exact) mass is 367 g/mol. The number of fused-ring (bicyclic) bond motifs is 1. The molecule has 0 saturated carbocycles. The maximum Gasteiger partial charge on any atom is 0.132 e. The second kappa shape index (κ2) is 6.82. The lowest BCUT2D eigenvalue weighted by Gasteiger charge is -2.19. The Balaban J connectivity index is 1.75. The second-order valence-corrected chi connectivity index (χ2v) is 7.76. The smallest absolute Gasteiger partial charge is 0.132 e. The molecule has 1 aromatic carbocycles. The lowest BCUT2D eigenvalue weighted by molar-refractivity contribution is 0.590. The third-order valence-electron chi connectivity index (χ3n) is 4.72. The van der Waals surface area contributed by atoms with Crippen LogP contribution in [0.5, 0.6) is 0 Å². The van der Waals surface area contributed by atoms with E-state index in [0.717, 1.165) is 28.3 Å². The standard InChI is InChI=1S/C23H21N5/c1-23(2,3)18-7-9-19(10-8-18)26-22-11-6-16(14-24)21-13-20(27-28(21)22)17-5-4-12-25-15-17/h4-13,15,26H,1-3H3. The molecule has 1 N–H and O–H groups in total. The predicted octanol–water partition coefficient (Wildman–Crippen LogP) is 5.31. The Labute approximate surface area is 164 Å². The van der Waals surface area contributed by atoms with Gasteiger partial charge in [-0.3, -0.25) is 4.98 Å². The molecule has 0 spiro atoms. The molecule has 0 bridgehead atoms. The van der Waals surface area contributed by atoms with Crippen LogP contribution in [0.25, 0.3) is 16.8 Å². The van der Waals surface area contributed by atoms with Crippen LogP contribution in [0.4, 0.5) is 11.5 Å². The lowest BCUT2D eigenvalue weighted by atomic mass is 9.87. The quantitative estimate of drug-likeness (QED) is 0.533. The van der Waals surface area contributed by atoms with E-state index in [1.807, 2.05) is 30.3 Å². The van der Waals surface area contributed by atoms with Crippen LogP contribution in [-0.4, -0.2) is 14.6 Å². The maximum atomic E-state index is 9.48. The van der Waals surface area contributed by atoms with Crippen molar-refractivity contribution in [3.63, 3.8) is 0 Å². The fourth-order valence-corrected chi connectivity index (χ4v) is 3.12. The molecule has 4 aromatic rings. The van der Waals surface area contributed by atoms with E-state index in [4.69, 9.17) is 5.10 Å². The van der Waals surface area contributed by atoms with Gasteiger partial charge in [-0.05, 0) is 53.4 Å². The van der Waals surface area contributed by atoms with Gasteiger partial charge in [0.25, 0.3) is 0 Å². The molecule has 0 radical (unpaired) electrons. The van der Waals surface area contributed by atoms with Crippen molar-refractivity contribution >= 4 is 17.0 Å². The van der Waals surface area contributed by atoms with Crippen molar-refractivity contribution in [3.05, 3.63) is 78.1 Å². The Bertz CT molecular complexity index is 1160. The van der Waals surface area contributed by atoms with Crippen molar-refractivity contribution in [1.29, 1.82) is 5.26 Å². The Morgan fingerprint density at radius 2 is 1.82 bits per heavy atom. The third-order valence-corrected chi connectivity index (χ3v) is 4.72. The summed E-state index contributed by atoms with van der Waals surface area (Å²) in [5, 5.41) is 17.6. The number of hydrogen-bond acceptors (Lipinski definition) is 4. The molecular formula is C23H21N5. The molecule has 28 heavy (non-hydrogen) atoms. The number of pyridine rings is 2. The van der Waals surface area contributed by atoms with E-state index in [9.17, 15) is 5.26 Å². The number of nitrogens with one attached hydrogen (secondary N) is 1. The first kappa shape index (κ1) is 17.7. The molecule has 4 rings (SSSR count). The summed E-state index contributed by atoms with van der Waals surface area (Å²) in [6.07, 6.45) is 3.50. The first-order chi connectivity index (χ1) is 13.5. The molecule has 0 aliphatic rings. The van der Waals surface area contributed by atoms with Gasteiger partial charge in [0.05, 0.1) is 16.8 Å². The van der Waals surface area contributed by atoms with Crippen LogP contribution in [0.3, 0.4) is 0 Å². The molecule has 0 saturated heterocycles. The highest BCUT2D eigenvalue weighted by Gasteiger charge is 2.14. The topological polar surface area (TPSA) is 66.0 Å². The summed E-state index contributed by atoms with van der Waals surface area (Å²) >= 11 is 0. The zero-order valence-corrected chi connectivity index (χ0v) is 16.1. The molecule has 138 valence electrons. The van der Waals surface area contributed by atoms with E-state index >= 15 is 0 Å². The van der Waals surface area contributed by atoms with E-state index < -0.39 is 0 Å². The minimum Gasteiger partial charge on any atom is -0.340 e. The molecule has 5 nitrogen and oxygen atoms in total. The van der Waals surface area contributed by atoms with Gasteiger partial charge in [-0.15, -0.1) is 0 Å². The average Bonchev–Trinajstić information content (AvgIpc) is 3.15. The highest BCUT2D eigenvalue weighted by molar-refractivity contribution is 5.73. The highest BCUT2D eigenvalue weighted by Crippen LogP contribution is 2.27. The Morgan fingerprint density at radius 3 is 2.46 bits per heavy atom. The Morgan fingerprint density at radius 1 is 1.04 bits per heavy atom. The van der Waals surface area contributed by atoms with Gasteiger partial charge in [0.15, 0.2) is 0 Å². The summed E-state index contributed by atoms with van der Waals surface area (Å²) in [5.41, 5.74) is 5.39. The van der Waals surface area contributed by atoms with E-state index in [1.54, 1.807) is 16.9 Å². The molecule has 0 fully saturated rings. The van der Waals surface area contributed by atoms with E-state index in [0.29, 0.717) is 5.56 Å². The van der Waals surface area contributed by atoms with Crippen LogP contribution >= 0.6 is 0 Å². The fourth-order valence-electron chi connectivity index (χ4n) is 3.12. The minimum atomic E-state index is 0.112. The van der Waals surface area contributed by atoms with Gasteiger partial charge in [-0.1, -0.05) is 32.9 Å². The molecule has 3 aromatic heterocycles. The molecule has 0 atom stereocenters. The van der Waals surface area contributed by atoms with E-state index in [1.165, 1.54) is 5.56 Å².